The Morgan fingerprint density at radius 2 is 1.70 bits per heavy atom. The quantitative estimate of drug-likeness (QED) is 0.248. The Morgan fingerprint density at radius 3 is 2.39 bits per heavy atom. The molecule has 0 radical (unpaired) electrons. The Bertz CT molecular complexity index is 1750. The number of halogens is 1. The molecular formula is C37H36FNO5. The van der Waals surface area contributed by atoms with E-state index < -0.39 is 5.78 Å². The summed E-state index contributed by atoms with van der Waals surface area (Å²) in [5.41, 5.74) is 6.61. The lowest BCUT2D eigenvalue weighted by Crippen LogP contribution is -2.43. The fourth-order valence-corrected chi connectivity index (χ4v) is 7.35. The molecule has 1 N–H and O–H groups in total. The molecule has 6 nitrogen and oxygen atoms in total. The first-order valence-electron chi connectivity index (χ1n) is 15.2. The van der Waals surface area contributed by atoms with Crippen molar-refractivity contribution in [3.63, 3.8) is 0 Å². The zero-order valence-electron chi connectivity index (χ0n) is 25.3. The predicted molar refractivity (Wildman–Crippen MR) is 166 cm³/mol. The largest absolute Gasteiger partial charge is 0.496 e. The molecule has 1 amide bonds. The van der Waals surface area contributed by atoms with Crippen LogP contribution in [-0.2, 0) is 32.0 Å². The van der Waals surface area contributed by atoms with Gasteiger partial charge in [-0.3, -0.25) is 19.2 Å². The van der Waals surface area contributed by atoms with Crippen LogP contribution in [0.5, 0.6) is 5.75 Å². The van der Waals surface area contributed by atoms with Crippen molar-refractivity contribution in [2.24, 2.45) is 11.3 Å². The highest BCUT2D eigenvalue weighted by Gasteiger charge is 2.52. The van der Waals surface area contributed by atoms with Gasteiger partial charge in [0, 0.05) is 24.9 Å². The van der Waals surface area contributed by atoms with E-state index in [1.54, 1.807) is 13.2 Å². The number of carbonyl (C=O) groups excluding carboxylic acids is 4. The first kappa shape index (κ1) is 29.7. The van der Waals surface area contributed by atoms with E-state index in [-0.39, 0.29) is 59.5 Å². The fraction of sp³-hybridized carbons (Fsp3) is 0.351. The topological polar surface area (TPSA) is 89.5 Å². The summed E-state index contributed by atoms with van der Waals surface area (Å²) >= 11 is 0. The molecule has 7 heteroatoms. The molecule has 1 spiro atoms. The number of nitrogens with one attached hydrogen (secondary N) is 1. The molecule has 1 aliphatic heterocycles. The lowest BCUT2D eigenvalue weighted by atomic mass is 9.59. The average Bonchev–Trinajstić information content (AvgIpc) is 3.36. The molecule has 1 saturated heterocycles. The molecule has 0 aromatic heterocycles. The van der Waals surface area contributed by atoms with Gasteiger partial charge in [0.1, 0.15) is 17.3 Å². The Hall–Kier alpha value is -4.39. The van der Waals surface area contributed by atoms with E-state index in [1.807, 2.05) is 56.3 Å². The van der Waals surface area contributed by atoms with Crippen LogP contribution in [0.15, 0.2) is 60.2 Å². The number of amides is 1. The van der Waals surface area contributed by atoms with Crippen LogP contribution >= 0.6 is 0 Å². The van der Waals surface area contributed by atoms with Crippen LogP contribution in [0.1, 0.15) is 54.4 Å². The predicted octanol–water partition coefficient (Wildman–Crippen LogP) is 6.21. The van der Waals surface area contributed by atoms with Crippen molar-refractivity contribution < 1.29 is 28.3 Å². The Balaban J connectivity index is 1.26. The first-order valence-corrected chi connectivity index (χ1v) is 15.2. The van der Waals surface area contributed by atoms with Crippen molar-refractivity contribution in [1.82, 2.24) is 5.32 Å². The van der Waals surface area contributed by atoms with Gasteiger partial charge < -0.3 is 10.1 Å². The summed E-state index contributed by atoms with van der Waals surface area (Å²) in [6, 6.07) is 15.2. The van der Waals surface area contributed by atoms with Crippen LogP contribution in [0.25, 0.3) is 22.3 Å². The molecule has 3 aromatic carbocycles. The van der Waals surface area contributed by atoms with Crippen LogP contribution in [0.2, 0.25) is 0 Å². The standard InChI is InChI=1S/C37H36FNO5/c1-21-24(16-33(41)30-11-10-26(40)18-34(30)42)6-4-8-28(21)29-9-5-7-27(22(29)2)25-15-32(38)31(35(17-25)44-3)14-23-19-37(20-23)12-13-39-36(37)43/h4-9,11,15,17,23H,10,12-14,16,18-20H2,1-3H3,(H,39,43). The third-order valence-corrected chi connectivity index (χ3v) is 9.82. The summed E-state index contributed by atoms with van der Waals surface area (Å²) in [6.07, 6.45) is 4.38. The van der Waals surface area contributed by atoms with Crippen LogP contribution in [0, 0.1) is 31.0 Å². The highest BCUT2D eigenvalue weighted by Crippen LogP contribution is 2.52. The fourth-order valence-electron chi connectivity index (χ4n) is 7.35. The molecule has 2 aliphatic carbocycles. The van der Waals surface area contributed by atoms with Gasteiger partial charge in [0.2, 0.25) is 5.91 Å². The summed E-state index contributed by atoms with van der Waals surface area (Å²) in [6.45, 7) is 4.69. The van der Waals surface area contributed by atoms with E-state index in [9.17, 15) is 19.2 Å². The number of ether oxygens (including phenoxy) is 1. The third kappa shape index (κ3) is 5.29. The molecule has 1 heterocycles. The highest BCUT2D eigenvalue weighted by molar-refractivity contribution is 6.26. The molecule has 44 heavy (non-hydrogen) atoms. The molecule has 3 aliphatic rings. The maximum atomic E-state index is 15.7. The van der Waals surface area contributed by atoms with E-state index in [1.165, 1.54) is 6.08 Å². The van der Waals surface area contributed by atoms with Crippen LogP contribution in [0.3, 0.4) is 0 Å². The summed E-state index contributed by atoms with van der Waals surface area (Å²) in [7, 11) is 1.56. The van der Waals surface area contributed by atoms with Crippen molar-refractivity contribution in [3.05, 3.63) is 88.3 Å². The van der Waals surface area contributed by atoms with Crippen molar-refractivity contribution in [2.45, 2.75) is 58.8 Å². The van der Waals surface area contributed by atoms with Crippen molar-refractivity contribution in [1.29, 1.82) is 0 Å². The van der Waals surface area contributed by atoms with Crippen LogP contribution < -0.4 is 10.1 Å². The van der Waals surface area contributed by atoms with Gasteiger partial charge >= 0.3 is 0 Å². The molecule has 226 valence electrons. The van der Waals surface area contributed by atoms with Gasteiger partial charge in [0.25, 0.3) is 0 Å². The summed E-state index contributed by atoms with van der Waals surface area (Å²) in [5.74, 6) is -0.283. The summed E-state index contributed by atoms with van der Waals surface area (Å²) in [5, 5.41) is 2.93. The second kappa shape index (κ2) is 11.6. The van der Waals surface area contributed by atoms with Crippen LogP contribution in [-0.4, -0.2) is 36.9 Å². The minimum atomic E-state index is -0.407. The number of allylic oxidation sites excluding steroid dienone is 2. The lowest BCUT2D eigenvalue weighted by molar-refractivity contribution is -0.134. The van der Waals surface area contributed by atoms with E-state index in [2.05, 4.69) is 5.32 Å². The third-order valence-electron chi connectivity index (χ3n) is 9.82. The second-order valence-electron chi connectivity index (χ2n) is 12.5. The Kier molecular flexibility index (Phi) is 7.82. The monoisotopic (exact) mass is 593 g/mol. The Morgan fingerprint density at radius 1 is 1.00 bits per heavy atom. The van der Waals surface area contributed by atoms with Gasteiger partial charge in [-0.25, -0.2) is 4.39 Å². The normalized spacial score (nSPS) is 21.2. The SMILES string of the molecule is COc1cc(-c2cccc(-c3cccc(CC(=O)C4=CCC(=O)CC4=O)c3C)c2C)cc(F)c1CC1CC2(CCNC2=O)C1. The molecule has 6 rings (SSSR count). The molecule has 0 bridgehead atoms. The van der Waals surface area contributed by atoms with Crippen molar-refractivity contribution in [2.75, 3.05) is 13.7 Å². The van der Waals surface area contributed by atoms with Gasteiger partial charge in [-0.15, -0.1) is 0 Å². The number of hydrogen-bond donors (Lipinski definition) is 1. The van der Waals surface area contributed by atoms with Crippen LogP contribution in [0.4, 0.5) is 4.39 Å². The van der Waals surface area contributed by atoms with Gasteiger partial charge in [-0.05, 0) is 96.5 Å². The van der Waals surface area contributed by atoms with E-state index >= 15 is 4.39 Å². The minimum Gasteiger partial charge on any atom is -0.496 e. The highest BCUT2D eigenvalue weighted by atomic mass is 19.1. The van der Waals surface area contributed by atoms with E-state index in [0.717, 1.165) is 59.2 Å². The zero-order chi connectivity index (χ0) is 31.2. The summed E-state index contributed by atoms with van der Waals surface area (Å²) in [4.78, 5) is 49.1. The molecule has 3 aromatic rings. The maximum absolute atomic E-state index is 15.7. The number of carbonyl (C=O) groups is 4. The molecule has 0 unspecified atom stereocenters. The van der Waals surface area contributed by atoms with Gasteiger partial charge in [-0.2, -0.15) is 0 Å². The maximum Gasteiger partial charge on any atom is 0.226 e. The van der Waals surface area contributed by atoms with Gasteiger partial charge in [0.05, 0.1) is 24.5 Å². The lowest BCUT2D eigenvalue weighted by Gasteiger charge is -2.43. The van der Waals surface area contributed by atoms with E-state index in [4.69, 9.17) is 4.74 Å². The number of rotatable bonds is 8. The van der Waals surface area contributed by atoms with Crippen molar-refractivity contribution >= 4 is 23.3 Å². The average molecular weight is 594 g/mol. The second-order valence-corrected chi connectivity index (χ2v) is 12.5. The number of ketones is 3. The molecular weight excluding hydrogens is 557 g/mol. The number of hydrogen-bond acceptors (Lipinski definition) is 5. The first-order chi connectivity index (χ1) is 21.1. The summed E-state index contributed by atoms with van der Waals surface area (Å²) < 4.78 is 21.4. The van der Waals surface area contributed by atoms with Gasteiger partial charge in [0.15, 0.2) is 11.6 Å². The smallest absolute Gasteiger partial charge is 0.226 e. The van der Waals surface area contributed by atoms with Crippen molar-refractivity contribution in [3.8, 4) is 28.0 Å². The molecule has 1 saturated carbocycles. The number of methoxy groups -OCH3 is 1. The number of Topliss-reactive ketones (excluding diaryl/α,β-unsaturated/α-hetero) is 3. The van der Waals surface area contributed by atoms with E-state index in [0.29, 0.717) is 23.3 Å². The minimum absolute atomic E-state index is 0.0703. The van der Waals surface area contributed by atoms with Gasteiger partial charge in [-0.1, -0.05) is 42.5 Å². The zero-order valence-corrected chi connectivity index (χ0v) is 25.3. The molecule has 2 fully saturated rings. The Labute approximate surface area is 256 Å². The number of benzene rings is 3. The molecule has 0 atom stereocenters.